The number of carbonyl (C=O) groups is 3. The molecule has 0 fully saturated rings. The molecule has 3 amide bonds. The Morgan fingerprint density at radius 3 is 2.21 bits per heavy atom. The summed E-state index contributed by atoms with van der Waals surface area (Å²) in [6.07, 6.45) is 0. The van der Waals surface area contributed by atoms with Crippen molar-refractivity contribution >= 4 is 69.2 Å². The van der Waals surface area contributed by atoms with E-state index in [-0.39, 0.29) is 5.56 Å². The van der Waals surface area contributed by atoms with Crippen molar-refractivity contribution in [1.82, 2.24) is 10.4 Å². The van der Waals surface area contributed by atoms with Crippen LogP contribution in [0.25, 0.3) is 0 Å². The fourth-order valence-electron chi connectivity index (χ4n) is 3.75. The maximum Gasteiger partial charge on any atom is 0.270 e. The smallest absolute Gasteiger partial charge is 0.270 e. The number of halogens is 3. The van der Waals surface area contributed by atoms with Crippen molar-refractivity contribution in [2.45, 2.75) is 12.1 Å². The summed E-state index contributed by atoms with van der Waals surface area (Å²) in [4.78, 5) is 41.4. The van der Waals surface area contributed by atoms with Crippen LogP contribution in [0, 0.1) is 3.57 Å². The van der Waals surface area contributed by atoms with Crippen LogP contribution in [0.5, 0.6) is 0 Å². The normalized spacial score (nSPS) is 16.5. The number of fused-ring (bicyclic) bond motifs is 1. The summed E-state index contributed by atoms with van der Waals surface area (Å²) in [6.45, 7) is 0. The lowest BCUT2D eigenvalue weighted by atomic mass is 9.97. The van der Waals surface area contributed by atoms with E-state index < -0.39 is 29.8 Å². The summed E-state index contributed by atoms with van der Waals surface area (Å²) in [5, 5.41) is 13.2. The van der Waals surface area contributed by atoms with E-state index in [2.05, 4.69) is 27.9 Å². The molecular formula is C23H16Cl2IN3O4. The minimum Gasteiger partial charge on any atom is -0.323 e. The van der Waals surface area contributed by atoms with Gasteiger partial charge >= 0.3 is 0 Å². The van der Waals surface area contributed by atoms with E-state index in [0.717, 1.165) is 8.47 Å². The molecule has 3 aromatic carbocycles. The van der Waals surface area contributed by atoms with Crippen molar-refractivity contribution in [1.29, 1.82) is 0 Å². The number of amides is 3. The summed E-state index contributed by atoms with van der Waals surface area (Å²) < 4.78 is 0.772. The van der Waals surface area contributed by atoms with Gasteiger partial charge in [0.25, 0.3) is 17.7 Å². The second-order valence-electron chi connectivity index (χ2n) is 7.28. The average molecular weight is 596 g/mol. The molecule has 1 aliphatic rings. The lowest BCUT2D eigenvalue weighted by molar-refractivity contribution is -0.136. The zero-order valence-electron chi connectivity index (χ0n) is 16.8. The van der Waals surface area contributed by atoms with E-state index in [0.29, 0.717) is 26.9 Å². The van der Waals surface area contributed by atoms with E-state index >= 15 is 0 Å². The van der Waals surface area contributed by atoms with E-state index in [1.807, 2.05) is 0 Å². The van der Waals surface area contributed by atoms with Gasteiger partial charge in [-0.2, -0.15) is 0 Å². The number of nitrogens with zero attached hydrogens (tertiary/aromatic N) is 1. The Morgan fingerprint density at radius 1 is 1.00 bits per heavy atom. The Bertz CT molecular complexity index is 1190. The van der Waals surface area contributed by atoms with Crippen molar-refractivity contribution in [3.05, 3.63) is 97.0 Å². The quantitative estimate of drug-likeness (QED) is 0.225. The van der Waals surface area contributed by atoms with Crippen LogP contribution in [0.2, 0.25) is 10.0 Å². The van der Waals surface area contributed by atoms with Crippen LogP contribution >= 0.6 is 45.8 Å². The summed E-state index contributed by atoms with van der Waals surface area (Å²) >= 11 is 14.1. The van der Waals surface area contributed by atoms with Gasteiger partial charge in [-0.15, -0.1) is 0 Å². The highest BCUT2D eigenvalue weighted by atomic mass is 127. The lowest BCUT2D eigenvalue weighted by Gasteiger charge is -2.35. The number of nitrogens with one attached hydrogen (secondary N) is 2. The summed E-state index contributed by atoms with van der Waals surface area (Å²) in [6, 6.07) is 15.2. The van der Waals surface area contributed by atoms with Gasteiger partial charge in [0, 0.05) is 13.6 Å². The topological polar surface area (TPSA) is 98.7 Å². The standard InChI is InChI=1S/C23H16Cl2IN3O4/c24-14-5-1-12(2-6-14)19-21(30)27-18-10-9-16(26)11-17(18)23(32)29(19)20(22(31)28-33)13-3-7-15(25)8-4-13/h1-11,19-20,33H,(H,27,30)(H,28,31). The second-order valence-corrected chi connectivity index (χ2v) is 9.39. The van der Waals surface area contributed by atoms with Gasteiger partial charge in [-0.3, -0.25) is 19.6 Å². The second kappa shape index (κ2) is 9.68. The highest BCUT2D eigenvalue weighted by Crippen LogP contribution is 2.38. The van der Waals surface area contributed by atoms with Gasteiger partial charge < -0.3 is 10.2 Å². The van der Waals surface area contributed by atoms with Crippen LogP contribution in [0.1, 0.15) is 33.6 Å². The molecule has 1 heterocycles. The first kappa shape index (κ1) is 23.5. The van der Waals surface area contributed by atoms with E-state index in [1.54, 1.807) is 72.2 Å². The molecule has 33 heavy (non-hydrogen) atoms. The molecular weight excluding hydrogens is 580 g/mol. The van der Waals surface area contributed by atoms with Crippen molar-refractivity contribution in [2.24, 2.45) is 0 Å². The summed E-state index contributed by atoms with van der Waals surface area (Å²) in [5.74, 6) is -1.97. The molecule has 3 N–H and O–H groups in total. The number of hydrogen-bond donors (Lipinski definition) is 3. The predicted molar refractivity (Wildman–Crippen MR) is 132 cm³/mol. The van der Waals surface area contributed by atoms with Gasteiger partial charge in [0.05, 0.1) is 11.3 Å². The van der Waals surface area contributed by atoms with Crippen LogP contribution in [-0.4, -0.2) is 27.8 Å². The fourth-order valence-corrected chi connectivity index (χ4v) is 4.50. The molecule has 1 aliphatic heterocycles. The van der Waals surface area contributed by atoms with Gasteiger partial charge in [0.2, 0.25) is 0 Å². The van der Waals surface area contributed by atoms with Gasteiger partial charge in [-0.05, 0) is 76.2 Å². The highest BCUT2D eigenvalue weighted by molar-refractivity contribution is 14.1. The molecule has 2 atom stereocenters. The Hall–Kier alpha value is -2.66. The molecule has 0 bridgehead atoms. The molecule has 0 saturated heterocycles. The number of anilines is 1. The van der Waals surface area contributed by atoms with Crippen LogP contribution < -0.4 is 10.8 Å². The Labute approximate surface area is 212 Å². The number of rotatable bonds is 4. The molecule has 0 radical (unpaired) electrons. The third-order valence-corrected chi connectivity index (χ3v) is 6.41. The first-order valence-corrected chi connectivity index (χ1v) is 11.5. The van der Waals surface area contributed by atoms with E-state index in [9.17, 15) is 19.6 Å². The third-order valence-electron chi connectivity index (χ3n) is 5.24. The molecule has 2 unspecified atom stereocenters. The predicted octanol–water partition coefficient (Wildman–Crippen LogP) is 4.98. The maximum absolute atomic E-state index is 13.9. The van der Waals surface area contributed by atoms with Crippen molar-refractivity contribution < 1.29 is 19.6 Å². The minimum atomic E-state index is -1.34. The number of hydrogen-bond acceptors (Lipinski definition) is 4. The number of hydroxylamine groups is 1. The van der Waals surface area contributed by atoms with Crippen molar-refractivity contribution in [2.75, 3.05) is 5.32 Å². The molecule has 7 nitrogen and oxygen atoms in total. The molecule has 4 rings (SSSR count). The minimum absolute atomic E-state index is 0.219. The molecule has 168 valence electrons. The van der Waals surface area contributed by atoms with Gasteiger partial charge in [0.1, 0.15) is 12.1 Å². The van der Waals surface area contributed by atoms with Crippen LogP contribution in [0.15, 0.2) is 66.7 Å². The average Bonchev–Trinajstić information content (AvgIpc) is 2.90. The first-order chi connectivity index (χ1) is 15.8. The van der Waals surface area contributed by atoms with Gasteiger partial charge in [-0.25, -0.2) is 5.48 Å². The maximum atomic E-state index is 13.9. The molecule has 0 aliphatic carbocycles. The largest absolute Gasteiger partial charge is 0.323 e. The first-order valence-electron chi connectivity index (χ1n) is 9.68. The monoisotopic (exact) mass is 595 g/mol. The molecule has 10 heteroatoms. The zero-order chi connectivity index (χ0) is 23.7. The lowest BCUT2D eigenvalue weighted by Crippen LogP contribution is -2.46. The zero-order valence-corrected chi connectivity index (χ0v) is 20.4. The Morgan fingerprint density at radius 2 is 1.61 bits per heavy atom. The molecule has 0 spiro atoms. The number of carbonyl (C=O) groups excluding carboxylic acids is 3. The van der Waals surface area contributed by atoms with Gasteiger partial charge in [0.15, 0.2) is 0 Å². The summed E-state index contributed by atoms with van der Waals surface area (Å²) in [5.41, 5.74) is 2.98. The van der Waals surface area contributed by atoms with Crippen molar-refractivity contribution in [3.8, 4) is 0 Å². The summed E-state index contributed by atoms with van der Waals surface area (Å²) in [7, 11) is 0. The highest BCUT2D eigenvalue weighted by Gasteiger charge is 2.43. The molecule has 0 aromatic heterocycles. The van der Waals surface area contributed by atoms with E-state index in [4.69, 9.17) is 23.2 Å². The number of benzene rings is 3. The SMILES string of the molecule is O=C(NO)C(c1ccc(Cl)cc1)N1C(=O)c2cc(I)ccc2NC(=O)C1c1ccc(Cl)cc1. The fraction of sp³-hybridized carbons (Fsp3) is 0.0870. The van der Waals surface area contributed by atoms with Crippen LogP contribution in [0.3, 0.4) is 0 Å². The van der Waals surface area contributed by atoms with Gasteiger partial charge in [-0.1, -0.05) is 47.5 Å². The van der Waals surface area contributed by atoms with Crippen molar-refractivity contribution in [3.63, 3.8) is 0 Å². The molecule has 3 aromatic rings. The molecule has 0 saturated carbocycles. The van der Waals surface area contributed by atoms with Crippen LogP contribution in [0.4, 0.5) is 5.69 Å². The third kappa shape index (κ3) is 4.70. The van der Waals surface area contributed by atoms with E-state index in [1.165, 1.54) is 0 Å². The Balaban J connectivity index is 1.97. The Kier molecular flexibility index (Phi) is 6.89. The van der Waals surface area contributed by atoms with Crippen LogP contribution in [-0.2, 0) is 9.59 Å².